The molecule has 0 atom stereocenters. The molecule has 1 aliphatic heterocycles. The molecule has 8 heteroatoms. The number of piperazine rings is 1. The van der Waals surface area contributed by atoms with Gasteiger partial charge in [-0.05, 0) is 32.4 Å². The van der Waals surface area contributed by atoms with E-state index in [1.807, 2.05) is 0 Å². The number of hydrogen-bond acceptors (Lipinski definition) is 5. The van der Waals surface area contributed by atoms with Crippen LogP contribution in [-0.2, 0) is 9.59 Å². The Morgan fingerprint density at radius 1 is 1.38 bits per heavy atom. The first-order chi connectivity index (χ1) is 11.3. The van der Waals surface area contributed by atoms with E-state index >= 15 is 0 Å². The van der Waals surface area contributed by atoms with Crippen LogP contribution >= 0.6 is 0 Å². The quantitative estimate of drug-likeness (QED) is 0.466. The van der Waals surface area contributed by atoms with E-state index in [0.717, 1.165) is 5.69 Å². The molecule has 0 aromatic heterocycles. The highest BCUT2D eigenvalue weighted by Crippen LogP contribution is 2.19. The summed E-state index contributed by atoms with van der Waals surface area (Å²) in [6.45, 7) is 5.06. The molecule has 2 rings (SSSR count). The summed E-state index contributed by atoms with van der Waals surface area (Å²) < 4.78 is 0. The van der Waals surface area contributed by atoms with E-state index in [2.05, 4.69) is 10.6 Å². The molecule has 8 nitrogen and oxygen atoms in total. The number of nitro groups is 1. The molecule has 1 aromatic carbocycles. The second-order valence-corrected chi connectivity index (χ2v) is 6.19. The van der Waals surface area contributed by atoms with Gasteiger partial charge in [-0.2, -0.15) is 0 Å². The van der Waals surface area contributed by atoms with Gasteiger partial charge in [0.1, 0.15) is 5.54 Å². The van der Waals surface area contributed by atoms with Crippen LogP contribution in [0.1, 0.15) is 26.7 Å². The van der Waals surface area contributed by atoms with Crippen LogP contribution < -0.4 is 10.6 Å². The first-order valence-electron chi connectivity index (χ1n) is 7.89. The van der Waals surface area contributed by atoms with Gasteiger partial charge in [0.05, 0.1) is 4.92 Å². The van der Waals surface area contributed by atoms with Crippen molar-refractivity contribution in [2.24, 2.45) is 0 Å². The molecular formula is C16H22N4O4. The SMILES string of the molecule is CC1(C)C(=O)NCCN1C(=O)CCCNc1ccc([N+](=O)[O-])cc1. The molecule has 24 heavy (non-hydrogen) atoms. The minimum Gasteiger partial charge on any atom is -0.385 e. The number of benzene rings is 1. The number of hydrogen-bond donors (Lipinski definition) is 2. The topological polar surface area (TPSA) is 105 Å². The summed E-state index contributed by atoms with van der Waals surface area (Å²) in [6, 6.07) is 6.14. The number of rotatable bonds is 6. The van der Waals surface area contributed by atoms with Crippen LogP contribution in [0.3, 0.4) is 0 Å². The fourth-order valence-corrected chi connectivity index (χ4v) is 2.64. The van der Waals surface area contributed by atoms with Crippen LogP contribution in [0.5, 0.6) is 0 Å². The maximum absolute atomic E-state index is 12.3. The average Bonchev–Trinajstić information content (AvgIpc) is 2.54. The van der Waals surface area contributed by atoms with Crippen LogP contribution in [0.15, 0.2) is 24.3 Å². The van der Waals surface area contributed by atoms with Crippen molar-refractivity contribution in [1.29, 1.82) is 0 Å². The van der Waals surface area contributed by atoms with Gasteiger partial charge in [-0.1, -0.05) is 0 Å². The summed E-state index contributed by atoms with van der Waals surface area (Å²) in [5.74, 6) is -0.175. The second kappa shape index (κ2) is 7.29. The third kappa shape index (κ3) is 4.01. The van der Waals surface area contributed by atoms with Crippen molar-refractivity contribution in [3.05, 3.63) is 34.4 Å². The minimum atomic E-state index is -0.818. The van der Waals surface area contributed by atoms with Gasteiger partial charge in [-0.25, -0.2) is 0 Å². The van der Waals surface area contributed by atoms with Gasteiger partial charge >= 0.3 is 0 Å². The molecule has 1 heterocycles. The molecular weight excluding hydrogens is 312 g/mol. The van der Waals surface area contributed by atoms with Gasteiger partial charge < -0.3 is 15.5 Å². The molecule has 0 aliphatic carbocycles. The zero-order valence-corrected chi connectivity index (χ0v) is 13.9. The Kier molecular flexibility index (Phi) is 5.38. The first-order valence-corrected chi connectivity index (χ1v) is 7.89. The van der Waals surface area contributed by atoms with Gasteiger partial charge in [0.15, 0.2) is 0 Å². The monoisotopic (exact) mass is 334 g/mol. The lowest BCUT2D eigenvalue weighted by molar-refractivity contribution is -0.384. The maximum Gasteiger partial charge on any atom is 0.269 e. The van der Waals surface area contributed by atoms with Crippen molar-refractivity contribution in [3.63, 3.8) is 0 Å². The predicted molar refractivity (Wildman–Crippen MR) is 89.6 cm³/mol. The standard InChI is InChI=1S/C16H22N4O4/c1-16(2)15(22)18-10-11-19(16)14(21)4-3-9-17-12-5-7-13(8-6-12)20(23)24/h5-8,17H,3-4,9-11H2,1-2H3,(H,18,22). The van der Waals surface area contributed by atoms with E-state index in [4.69, 9.17) is 0 Å². The summed E-state index contributed by atoms with van der Waals surface area (Å²) in [5.41, 5.74) is -0.00623. The Balaban J connectivity index is 1.78. The molecule has 0 saturated carbocycles. The number of nitro benzene ring substituents is 1. The Hall–Kier alpha value is -2.64. The number of anilines is 1. The smallest absolute Gasteiger partial charge is 0.269 e. The minimum absolute atomic E-state index is 0.0413. The van der Waals surface area contributed by atoms with E-state index < -0.39 is 10.5 Å². The number of amides is 2. The lowest BCUT2D eigenvalue weighted by atomic mass is 9.98. The van der Waals surface area contributed by atoms with Gasteiger partial charge in [-0.15, -0.1) is 0 Å². The molecule has 2 N–H and O–H groups in total. The molecule has 1 aliphatic rings. The van der Waals surface area contributed by atoms with Gasteiger partial charge in [-0.3, -0.25) is 19.7 Å². The van der Waals surface area contributed by atoms with Crippen LogP contribution in [0.2, 0.25) is 0 Å². The lowest BCUT2D eigenvalue weighted by Gasteiger charge is -2.41. The fourth-order valence-electron chi connectivity index (χ4n) is 2.64. The van der Waals surface area contributed by atoms with E-state index in [0.29, 0.717) is 32.5 Å². The summed E-state index contributed by atoms with van der Waals surface area (Å²) in [7, 11) is 0. The van der Waals surface area contributed by atoms with E-state index in [1.165, 1.54) is 12.1 Å². The van der Waals surface area contributed by atoms with Crippen LogP contribution in [0.4, 0.5) is 11.4 Å². The molecule has 0 spiro atoms. The summed E-state index contributed by atoms with van der Waals surface area (Å²) >= 11 is 0. The van der Waals surface area contributed by atoms with Gasteiger partial charge in [0, 0.05) is 43.9 Å². The van der Waals surface area contributed by atoms with Crippen LogP contribution in [0, 0.1) is 10.1 Å². The van der Waals surface area contributed by atoms with Crippen molar-refractivity contribution in [3.8, 4) is 0 Å². The molecule has 0 radical (unpaired) electrons. The Bertz CT molecular complexity index is 627. The highest BCUT2D eigenvalue weighted by atomic mass is 16.6. The number of nitrogens with one attached hydrogen (secondary N) is 2. The summed E-state index contributed by atoms with van der Waals surface area (Å²) in [4.78, 5) is 36.0. The van der Waals surface area contributed by atoms with Crippen molar-refractivity contribution < 1.29 is 14.5 Å². The normalized spacial score (nSPS) is 16.4. The summed E-state index contributed by atoms with van der Waals surface area (Å²) in [6.07, 6.45) is 0.959. The van der Waals surface area contributed by atoms with Crippen molar-refractivity contribution in [2.45, 2.75) is 32.2 Å². The highest BCUT2D eigenvalue weighted by Gasteiger charge is 2.39. The molecule has 0 bridgehead atoms. The van der Waals surface area contributed by atoms with Crippen molar-refractivity contribution >= 4 is 23.2 Å². The van der Waals surface area contributed by atoms with Crippen LogP contribution in [-0.4, -0.2) is 46.8 Å². The second-order valence-electron chi connectivity index (χ2n) is 6.19. The molecule has 1 aromatic rings. The van der Waals surface area contributed by atoms with E-state index in [9.17, 15) is 19.7 Å². The molecule has 1 fully saturated rings. The zero-order valence-electron chi connectivity index (χ0n) is 13.9. The number of nitrogens with zero attached hydrogens (tertiary/aromatic N) is 2. The van der Waals surface area contributed by atoms with E-state index in [-0.39, 0.29) is 17.5 Å². The maximum atomic E-state index is 12.3. The lowest BCUT2D eigenvalue weighted by Crippen LogP contribution is -2.63. The molecule has 0 unspecified atom stereocenters. The summed E-state index contributed by atoms with van der Waals surface area (Å²) in [5, 5.41) is 16.5. The Morgan fingerprint density at radius 3 is 2.67 bits per heavy atom. The Labute approximate surface area is 140 Å². The first kappa shape index (κ1) is 17.7. The van der Waals surface area contributed by atoms with Crippen LogP contribution in [0.25, 0.3) is 0 Å². The average molecular weight is 334 g/mol. The molecule has 1 saturated heterocycles. The fraction of sp³-hybridized carbons (Fsp3) is 0.500. The third-order valence-electron chi connectivity index (χ3n) is 4.13. The zero-order chi connectivity index (χ0) is 17.7. The van der Waals surface area contributed by atoms with Crippen molar-refractivity contribution in [2.75, 3.05) is 25.0 Å². The highest BCUT2D eigenvalue weighted by molar-refractivity contribution is 5.91. The Morgan fingerprint density at radius 2 is 2.04 bits per heavy atom. The van der Waals surface area contributed by atoms with Gasteiger partial charge in [0.2, 0.25) is 11.8 Å². The van der Waals surface area contributed by atoms with Crippen molar-refractivity contribution in [1.82, 2.24) is 10.2 Å². The number of carbonyl (C=O) groups excluding carboxylic acids is 2. The predicted octanol–water partition coefficient (Wildman–Crippen LogP) is 1.52. The number of carbonyl (C=O) groups is 2. The largest absolute Gasteiger partial charge is 0.385 e. The molecule has 2 amide bonds. The van der Waals surface area contributed by atoms with Gasteiger partial charge in [0.25, 0.3) is 5.69 Å². The van der Waals surface area contributed by atoms with E-state index in [1.54, 1.807) is 30.9 Å². The molecule has 130 valence electrons. The third-order valence-corrected chi connectivity index (χ3v) is 4.13. The number of non-ortho nitro benzene ring substituents is 1.